The van der Waals surface area contributed by atoms with Crippen molar-refractivity contribution in [2.75, 3.05) is 0 Å². The molecular weight excluding hydrogens is 454 g/mol. The van der Waals surface area contributed by atoms with Crippen molar-refractivity contribution < 1.29 is 24.2 Å². The number of hydrogen-bond donors (Lipinski definition) is 3. The summed E-state index contributed by atoms with van der Waals surface area (Å²) in [7, 11) is 0. The fourth-order valence-electron chi connectivity index (χ4n) is 4.93. The minimum absolute atomic E-state index is 0.115. The Hall–Kier alpha value is -3.72. The fourth-order valence-corrected chi connectivity index (χ4v) is 5.32. The minimum Gasteiger partial charge on any atom is -0.478 e. The third-order valence-corrected chi connectivity index (χ3v) is 6.81. The number of benzene rings is 1. The Morgan fingerprint density at radius 2 is 1.74 bits per heavy atom. The summed E-state index contributed by atoms with van der Waals surface area (Å²) in [6.07, 6.45) is 6.13. The predicted molar refractivity (Wildman–Crippen MR) is 128 cm³/mol. The molecule has 2 aromatic heterocycles. The summed E-state index contributed by atoms with van der Waals surface area (Å²) in [5.41, 5.74) is 0.999. The average molecular weight is 478 g/mol. The summed E-state index contributed by atoms with van der Waals surface area (Å²) < 4.78 is 6.26. The molecule has 0 amide bonds. The molecular formula is C25H23N3O5S. The molecule has 3 N–H and O–H groups in total. The van der Waals surface area contributed by atoms with Crippen molar-refractivity contribution in [3.8, 4) is 11.3 Å². The zero-order valence-electron chi connectivity index (χ0n) is 18.2. The molecule has 1 aliphatic carbocycles. The molecule has 1 saturated heterocycles. The number of hydrogen-bond acceptors (Lipinski definition) is 5. The van der Waals surface area contributed by atoms with Crippen molar-refractivity contribution in [2.45, 2.75) is 43.8 Å². The van der Waals surface area contributed by atoms with Crippen LogP contribution in [0.3, 0.4) is 0 Å². The highest BCUT2D eigenvalue weighted by Crippen LogP contribution is 2.44. The SMILES string of the molecule is O=C(O)c1cc(C(=O)O)cc(-c2ccc(C3C(c4ccccn4)NC(=S)N3C3CCCC3)o2)c1. The van der Waals surface area contributed by atoms with Gasteiger partial charge in [-0.05, 0) is 67.5 Å². The molecule has 5 rings (SSSR count). The van der Waals surface area contributed by atoms with Crippen molar-refractivity contribution in [1.82, 2.24) is 15.2 Å². The molecule has 3 aromatic rings. The van der Waals surface area contributed by atoms with E-state index in [0.717, 1.165) is 37.4 Å². The van der Waals surface area contributed by atoms with Crippen LogP contribution >= 0.6 is 12.2 Å². The molecule has 2 fully saturated rings. The maximum absolute atomic E-state index is 11.5. The molecule has 2 unspecified atom stereocenters. The van der Waals surface area contributed by atoms with Crippen LogP contribution < -0.4 is 5.32 Å². The van der Waals surface area contributed by atoms with E-state index in [-0.39, 0.29) is 23.2 Å². The van der Waals surface area contributed by atoms with Crippen LogP contribution in [0.1, 0.15) is 69.9 Å². The Morgan fingerprint density at radius 3 is 2.35 bits per heavy atom. The smallest absolute Gasteiger partial charge is 0.335 e. The van der Waals surface area contributed by atoms with Crippen molar-refractivity contribution in [1.29, 1.82) is 0 Å². The number of aromatic carboxylic acids is 2. The Balaban J connectivity index is 1.57. The molecule has 3 heterocycles. The largest absolute Gasteiger partial charge is 0.478 e. The summed E-state index contributed by atoms with van der Waals surface area (Å²) in [5.74, 6) is -1.36. The molecule has 1 aliphatic heterocycles. The molecule has 0 bridgehead atoms. The lowest BCUT2D eigenvalue weighted by molar-refractivity contribution is 0.0696. The van der Waals surface area contributed by atoms with E-state index in [0.29, 0.717) is 28.2 Å². The van der Waals surface area contributed by atoms with Gasteiger partial charge in [-0.25, -0.2) is 9.59 Å². The predicted octanol–water partition coefficient (Wildman–Crippen LogP) is 4.65. The van der Waals surface area contributed by atoms with Crippen LogP contribution in [0.25, 0.3) is 11.3 Å². The normalized spacial score (nSPS) is 20.5. The molecule has 0 spiro atoms. The second-order valence-electron chi connectivity index (χ2n) is 8.58. The number of nitrogens with zero attached hydrogens (tertiary/aromatic N) is 2. The zero-order chi connectivity index (χ0) is 23.8. The van der Waals surface area contributed by atoms with Crippen LogP contribution in [0.4, 0.5) is 0 Å². The number of thiocarbonyl (C=S) groups is 1. The Kier molecular flexibility index (Phi) is 5.79. The van der Waals surface area contributed by atoms with E-state index in [9.17, 15) is 19.8 Å². The van der Waals surface area contributed by atoms with Gasteiger partial charge in [0.2, 0.25) is 0 Å². The molecule has 9 heteroatoms. The van der Waals surface area contributed by atoms with Gasteiger partial charge in [0.15, 0.2) is 5.11 Å². The highest BCUT2D eigenvalue weighted by molar-refractivity contribution is 7.80. The van der Waals surface area contributed by atoms with Gasteiger partial charge in [0, 0.05) is 17.8 Å². The molecule has 1 aromatic carbocycles. The monoisotopic (exact) mass is 477 g/mol. The first-order valence-electron chi connectivity index (χ1n) is 11.1. The van der Waals surface area contributed by atoms with Crippen LogP contribution in [0, 0.1) is 0 Å². The maximum atomic E-state index is 11.5. The van der Waals surface area contributed by atoms with E-state index < -0.39 is 11.9 Å². The van der Waals surface area contributed by atoms with E-state index in [1.54, 1.807) is 12.3 Å². The van der Waals surface area contributed by atoms with Crippen molar-refractivity contribution >= 4 is 29.3 Å². The first-order chi connectivity index (χ1) is 16.4. The number of aromatic nitrogens is 1. The van der Waals surface area contributed by atoms with Crippen LogP contribution in [0.15, 0.2) is 59.1 Å². The molecule has 1 saturated carbocycles. The summed E-state index contributed by atoms with van der Waals surface area (Å²) >= 11 is 5.74. The third kappa shape index (κ3) is 4.03. The molecule has 174 valence electrons. The van der Waals surface area contributed by atoms with Crippen LogP contribution in [-0.4, -0.2) is 43.2 Å². The number of rotatable bonds is 6. The summed E-state index contributed by atoms with van der Waals surface area (Å²) in [6, 6.07) is 13.1. The first-order valence-corrected chi connectivity index (χ1v) is 11.5. The minimum atomic E-state index is -1.20. The third-order valence-electron chi connectivity index (χ3n) is 6.48. The number of carboxylic acids is 2. The Morgan fingerprint density at radius 1 is 1.03 bits per heavy atom. The van der Waals surface area contributed by atoms with Gasteiger partial charge >= 0.3 is 11.9 Å². The van der Waals surface area contributed by atoms with Gasteiger partial charge in [-0.15, -0.1) is 0 Å². The van der Waals surface area contributed by atoms with Gasteiger partial charge in [-0.2, -0.15) is 0 Å². The topological polar surface area (TPSA) is 116 Å². The van der Waals surface area contributed by atoms with E-state index in [4.69, 9.17) is 16.6 Å². The van der Waals surface area contributed by atoms with Gasteiger partial charge in [-0.1, -0.05) is 18.9 Å². The number of furan rings is 1. The molecule has 34 heavy (non-hydrogen) atoms. The van der Waals surface area contributed by atoms with Crippen LogP contribution in [-0.2, 0) is 0 Å². The lowest BCUT2D eigenvalue weighted by Gasteiger charge is -2.31. The molecule has 2 atom stereocenters. The number of nitrogens with one attached hydrogen (secondary N) is 1. The number of carbonyl (C=O) groups is 2. The summed E-state index contributed by atoms with van der Waals surface area (Å²) in [6.45, 7) is 0. The van der Waals surface area contributed by atoms with Gasteiger partial charge < -0.3 is 24.8 Å². The lowest BCUT2D eigenvalue weighted by Crippen LogP contribution is -2.37. The van der Waals surface area contributed by atoms with E-state index in [1.807, 2.05) is 24.3 Å². The van der Waals surface area contributed by atoms with Crippen molar-refractivity contribution in [3.63, 3.8) is 0 Å². The first kappa shape index (κ1) is 22.1. The maximum Gasteiger partial charge on any atom is 0.335 e. The van der Waals surface area contributed by atoms with Crippen molar-refractivity contribution in [2.24, 2.45) is 0 Å². The zero-order valence-corrected chi connectivity index (χ0v) is 19.0. The second kappa shape index (κ2) is 8.90. The van der Waals surface area contributed by atoms with E-state index in [1.165, 1.54) is 12.1 Å². The Bertz CT molecular complexity index is 1220. The highest BCUT2D eigenvalue weighted by Gasteiger charge is 2.45. The molecule has 8 nitrogen and oxygen atoms in total. The van der Waals surface area contributed by atoms with Crippen LogP contribution in [0.5, 0.6) is 0 Å². The van der Waals surface area contributed by atoms with E-state index in [2.05, 4.69) is 15.2 Å². The molecule has 0 radical (unpaired) electrons. The summed E-state index contributed by atoms with van der Waals surface area (Å²) in [5, 5.41) is 22.9. The summed E-state index contributed by atoms with van der Waals surface area (Å²) in [4.78, 5) is 29.8. The quantitative estimate of drug-likeness (QED) is 0.436. The van der Waals surface area contributed by atoms with Crippen LogP contribution in [0.2, 0.25) is 0 Å². The standard InChI is InChI=1S/C25H23N3O5S/c29-23(30)15-11-14(12-16(13-15)24(31)32)19-8-9-20(33-19)22-21(18-7-3-4-10-26-18)27-25(34)28(22)17-5-1-2-6-17/h3-4,7-13,17,21-22H,1-2,5-6H2,(H,27,34)(H,29,30)(H,31,32). The van der Waals surface area contributed by atoms with Gasteiger partial charge in [0.1, 0.15) is 17.6 Å². The van der Waals surface area contributed by atoms with Gasteiger partial charge in [-0.3, -0.25) is 4.98 Å². The fraction of sp³-hybridized carbons (Fsp3) is 0.280. The lowest BCUT2D eigenvalue weighted by atomic mass is 10.0. The molecule has 2 aliphatic rings. The van der Waals surface area contributed by atoms with Gasteiger partial charge in [0.05, 0.1) is 22.9 Å². The van der Waals surface area contributed by atoms with E-state index >= 15 is 0 Å². The Labute approximate surface area is 201 Å². The van der Waals surface area contributed by atoms with Crippen molar-refractivity contribution in [3.05, 3.63) is 77.3 Å². The number of pyridine rings is 1. The number of carboxylic acid groups (broad SMARTS) is 2. The average Bonchev–Trinajstić information content (AvgIpc) is 3.59. The second-order valence-corrected chi connectivity index (χ2v) is 8.97. The van der Waals surface area contributed by atoms with Gasteiger partial charge in [0.25, 0.3) is 0 Å². The highest BCUT2D eigenvalue weighted by atomic mass is 32.1.